The molecule has 2 N–H and O–H groups in total. The van der Waals surface area contributed by atoms with Crippen molar-refractivity contribution in [2.45, 2.75) is 19.4 Å². The number of nitrogens with one attached hydrogen (secondary N) is 1. The molecular formula is C14H19FN2O2. The molecule has 5 heteroatoms. The Labute approximate surface area is 112 Å². The predicted octanol–water partition coefficient (Wildman–Crippen LogP) is 1.60. The van der Waals surface area contributed by atoms with E-state index in [2.05, 4.69) is 17.1 Å². The number of rotatable bonds is 2. The second-order valence-electron chi connectivity index (χ2n) is 5.24. The number of likely N-dealkylation sites (tertiary alicyclic amines) is 1. The molecule has 2 atom stereocenters. The molecule has 1 saturated heterocycles. The number of piperidine rings is 1. The molecule has 0 aliphatic carbocycles. The highest BCUT2D eigenvalue weighted by Gasteiger charge is 2.27. The summed E-state index contributed by atoms with van der Waals surface area (Å²) >= 11 is 0. The van der Waals surface area contributed by atoms with E-state index in [9.17, 15) is 14.3 Å². The SMILES string of the molecule is CC1CN(C)CCC1NC(=O)c1c(O)cccc1F. The number of nitrogens with zero attached hydrogens (tertiary/aromatic N) is 1. The standard InChI is InChI=1S/C14H19FN2O2/c1-9-8-17(2)7-6-11(9)16-14(19)13-10(15)4-3-5-12(13)18/h3-5,9,11,18H,6-8H2,1-2H3,(H,16,19). The van der Waals surface area contributed by atoms with Gasteiger partial charge in [-0.1, -0.05) is 13.0 Å². The molecule has 1 heterocycles. The van der Waals surface area contributed by atoms with Crippen LogP contribution in [-0.4, -0.2) is 42.1 Å². The van der Waals surface area contributed by atoms with Crippen LogP contribution in [0, 0.1) is 11.7 Å². The number of hydrogen-bond acceptors (Lipinski definition) is 3. The van der Waals surface area contributed by atoms with Gasteiger partial charge in [0, 0.05) is 12.6 Å². The highest BCUT2D eigenvalue weighted by atomic mass is 19.1. The minimum Gasteiger partial charge on any atom is -0.507 e. The molecule has 0 radical (unpaired) electrons. The Morgan fingerprint density at radius 2 is 2.26 bits per heavy atom. The number of halogens is 1. The number of carbonyl (C=O) groups excluding carboxylic acids is 1. The summed E-state index contributed by atoms with van der Waals surface area (Å²) in [5, 5.41) is 12.4. The van der Waals surface area contributed by atoms with E-state index >= 15 is 0 Å². The molecule has 1 fully saturated rings. The van der Waals surface area contributed by atoms with Gasteiger partial charge in [-0.3, -0.25) is 4.79 Å². The Balaban J connectivity index is 2.09. The molecule has 4 nitrogen and oxygen atoms in total. The average molecular weight is 266 g/mol. The van der Waals surface area contributed by atoms with E-state index in [1.807, 2.05) is 7.05 Å². The number of carbonyl (C=O) groups is 1. The van der Waals surface area contributed by atoms with E-state index in [4.69, 9.17) is 0 Å². The fourth-order valence-corrected chi connectivity index (χ4v) is 2.55. The molecule has 0 bridgehead atoms. The lowest BCUT2D eigenvalue weighted by Crippen LogP contribution is -2.49. The van der Waals surface area contributed by atoms with Gasteiger partial charge in [-0.2, -0.15) is 0 Å². The van der Waals surface area contributed by atoms with Crippen molar-refractivity contribution in [3.05, 3.63) is 29.6 Å². The lowest BCUT2D eigenvalue weighted by Gasteiger charge is -2.35. The third kappa shape index (κ3) is 3.04. The molecule has 2 unspecified atom stereocenters. The summed E-state index contributed by atoms with van der Waals surface area (Å²) in [5.74, 6) is -1.26. The van der Waals surface area contributed by atoms with Crippen molar-refractivity contribution in [2.24, 2.45) is 5.92 Å². The smallest absolute Gasteiger partial charge is 0.258 e. The first-order valence-corrected chi connectivity index (χ1v) is 6.46. The van der Waals surface area contributed by atoms with Crippen LogP contribution in [0.5, 0.6) is 5.75 Å². The minimum atomic E-state index is -0.696. The molecule has 1 aromatic rings. The Morgan fingerprint density at radius 1 is 1.53 bits per heavy atom. The Hall–Kier alpha value is -1.62. The maximum atomic E-state index is 13.6. The third-order valence-corrected chi connectivity index (χ3v) is 3.64. The lowest BCUT2D eigenvalue weighted by atomic mass is 9.94. The van der Waals surface area contributed by atoms with Crippen LogP contribution in [0.15, 0.2) is 18.2 Å². The van der Waals surface area contributed by atoms with Crippen LogP contribution in [0.2, 0.25) is 0 Å². The maximum absolute atomic E-state index is 13.6. The van der Waals surface area contributed by atoms with Crippen molar-refractivity contribution in [1.82, 2.24) is 10.2 Å². The van der Waals surface area contributed by atoms with Crippen molar-refractivity contribution >= 4 is 5.91 Å². The van der Waals surface area contributed by atoms with Crippen molar-refractivity contribution in [3.8, 4) is 5.75 Å². The third-order valence-electron chi connectivity index (χ3n) is 3.64. The first-order chi connectivity index (χ1) is 8.99. The zero-order valence-electron chi connectivity index (χ0n) is 11.2. The molecular weight excluding hydrogens is 247 g/mol. The first-order valence-electron chi connectivity index (χ1n) is 6.46. The van der Waals surface area contributed by atoms with Crippen molar-refractivity contribution in [2.75, 3.05) is 20.1 Å². The molecule has 0 spiro atoms. The second kappa shape index (κ2) is 5.57. The zero-order valence-corrected chi connectivity index (χ0v) is 11.2. The molecule has 2 rings (SSSR count). The van der Waals surface area contributed by atoms with Gasteiger partial charge >= 0.3 is 0 Å². The van der Waals surface area contributed by atoms with Crippen LogP contribution in [0.25, 0.3) is 0 Å². The van der Waals surface area contributed by atoms with Crippen LogP contribution in [0.1, 0.15) is 23.7 Å². The average Bonchev–Trinajstić information content (AvgIpc) is 2.32. The first kappa shape index (κ1) is 13.8. The van der Waals surface area contributed by atoms with Crippen LogP contribution in [0.3, 0.4) is 0 Å². The van der Waals surface area contributed by atoms with Gasteiger partial charge in [-0.15, -0.1) is 0 Å². The summed E-state index contributed by atoms with van der Waals surface area (Å²) in [6.45, 7) is 3.86. The van der Waals surface area contributed by atoms with Gasteiger partial charge in [-0.05, 0) is 38.1 Å². The van der Waals surface area contributed by atoms with Crippen LogP contribution in [-0.2, 0) is 0 Å². The highest BCUT2D eigenvalue weighted by Crippen LogP contribution is 2.21. The quantitative estimate of drug-likeness (QED) is 0.855. The predicted molar refractivity (Wildman–Crippen MR) is 70.6 cm³/mol. The number of amides is 1. The Kier molecular flexibility index (Phi) is 4.04. The number of aromatic hydroxyl groups is 1. The second-order valence-corrected chi connectivity index (χ2v) is 5.24. The Morgan fingerprint density at radius 3 is 2.89 bits per heavy atom. The molecule has 0 saturated carbocycles. The van der Waals surface area contributed by atoms with E-state index < -0.39 is 11.7 Å². The van der Waals surface area contributed by atoms with Crippen LogP contribution in [0.4, 0.5) is 4.39 Å². The Bertz CT molecular complexity index is 458. The van der Waals surface area contributed by atoms with Crippen molar-refractivity contribution < 1.29 is 14.3 Å². The molecule has 104 valence electrons. The lowest BCUT2D eigenvalue weighted by molar-refractivity contribution is 0.0877. The van der Waals surface area contributed by atoms with E-state index in [0.29, 0.717) is 5.92 Å². The topological polar surface area (TPSA) is 52.6 Å². The van der Waals surface area contributed by atoms with E-state index in [-0.39, 0.29) is 17.4 Å². The molecule has 1 aliphatic heterocycles. The number of phenolic OH excluding ortho intramolecular Hbond substituents is 1. The van der Waals surface area contributed by atoms with Crippen LogP contribution < -0.4 is 5.32 Å². The number of phenols is 1. The molecule has 1 aliphatic rings. The summed E-state index contributed by atoms with van der Waals surface area (Å²) in [6.07, 6.45) is 0.832. The van der Waals surface area contributed by atoms with E-state index in [1.165, 1.54) is 18.2 Å². The summed E-state index contributed by atoms with van der Waals surface area (Å²) in [7, 11) is 2.04. The summed E-state index contributed by atoms with van der Waals surface area (Å²) in [4.78, 5) is 14.3. The van der Waals surface area contributed by atoms with Gasteiger partial charge in [0.25, 0.3) is 5.91 Å². The summed E-state index contributed by atoms with van der Waals surface area (Å²) in [6, 6.07) is 3.88. The fourth-order valence-electron chi connectivity index (χ4n) is 2.55. The molecule has 1 amide bonds. The molecule has 0 aromatic heterocycles. The number of hydrogen-bond donors (Lipinski definition) is 2. The monoisotopic (exact) mass is 266 g/mol. The minimum absolute atomic E-state index is 0.0164. The normalized spacial score (nSPS) is 24.2. The van der Waals surface area contributed by atoms with Gasteiger partial charge in [0.15, 0.2) is 0 Å². The van der Waals surface area contributed by atoms with Gasteiger partial charge in [-0.25, -0.2) is 4.39 Å². The largest absolute Gasteiger partial charge is 0.507 e. The van der Waals surface area contributed by atoms with Crippen molar-refractivity contribution in [1.29, 1.82) is 0 Å². The van der Waals surface area contributed by atoms with Gasteiger partial charge in [0.1, 0.15) is 17.1 Å². The van der Waals surface area contributed by atoms with Crippen LogP contribution >= 0.6 is 0 Å². The number of benzene rings is 1. The summed E-state index contributed by atoms with van der Waals surface area (Å²) < 4.78 is 13.6. The van der Waals surface area contributed by atoms with Crippen molar-refractivity contribution in [3.63, 3.8) is 0 Å². The molecule has 1 aromatic carbocycles. The van der Waals surface area contributed by atoms with Gasteiger partial charge in [0.05, 0.1) is 0 Å². The summed E-state index contributed by atoms with van der Waals surface area (Å²) in [5.41, 5.74) is -0.270. The maximum Gasteiger partial charge on any atom is 0.258 e. The van der Waals surface area contributed by atoms with Gasteiger partial charge in [0.2, 0.25) is 0 Å². The van der Waals surface area contributed by atoms with E-state index in [0.717, 1.165) is 19.5 Å². The molecule has 19 heavy (non-hydrogen) atoms. The zero-order chi connectivity index (χ0) is 14.0. The fraction of sp³-hybridized carbons (Fsp3) is 0.500. The van der Waals surface area contributed by atoms with Gasteiger partial charge < -0.3 is 15.3 Å². The van der Waals surface area contributed by atoms with E-state index in [1.54, 1.807) is 0 Å². The highest BCUT2D eigenvalue weighted by molar-refractivity contribution is 5.97.